The number of nitrogens with one attached hydrogen (secondary N) is 2. The monoisotopic (exact) mass is 320 g/mol. The van der Waals surface area contributed by atoms with E-state index in [2.05, 4.69) is 15.7 Å². The molecule has 0 saturated carbocycles. The first kappa shape index (κ1) is 16.5. The molecule has 0 radical (unpaired) electrons. The van der Waals surface area contributed by atoms with E-state index in [0.29, 0.717) is 10.8 Å². The summed E-state index contributed by atoms with van der Waals surface area (Å²) in [6.45, 7) is 6.27. The number of halogens is 1. The van der Waals surface area contributed by atoms with Gasteiger partial charge in [-0.1, -0.05) is 23.7 Å². The zero-order valence-corrected chi connectivity index (χ0v) is 13.8. The van der Waals surface area contributed by atoms with E-state index >= 15 is 0 Å². The molecule has 0 fully saturated rings. The van der Waals surface area contributed by atoms with Crippen LogP contribution in [0, 0.1) is 0 Å². The average molecular weight is 321 g/mol. The summed E-state index contributed by atoms with van der Waals surface area (Å²) in [6, 6.07) is 9.65. The molecule has 1 aromatic heterocycles. The molecular weight excluding hydrogens is 300 g/mol. The number of carbonyl (C=O) groups is 1. The van der Waals surface area contributed by atoms with Gasteiger partial charge in [-0.3, -0.25) is 4.79 Å². The van der Waals surface area contributed by atoms with Crippen LogP contribution < -0.4 is 10.6 Å². The predicted molar refractivity (Wildman–Crippen MR) is 89.1 cm³/mol. The van der Waals surface area contributed by atoms with Crippen LogP contribution in [-0.4, -0.2) is 22.2 Å². The van der Waals surface area contributed by atoms with Gasteiger partial charge in [-0.05, 0) is 38.5 Å². The summed E-state index contributed by atoms with van der Waals surface area (Å²) in [7, 11) is 0. The van der Waals surface area contributed by atoms with Gasteiger partial charge in [0.15, 0.2) is 0 Å². The topological polar surface area (TPSA) is 59.0 Å². The van der Waals surface area contributed by atoms with Crippen LogP contribution in [0.1, 0.15) is 38.4 Å². The maximum absolute atomic E-state index is 12.0. The van der Waals surface area contributed by atoms with Crippen molar-refractivity contribution < 1.29 is 4.79 Å². The van der Waals surface area contributed by atoms with Crippen LogP contribution in [0.25, 0.3) is 0 Å². The van der Waals surface area contributed by atoms with Gasteiger partial charge in [-0.2, -0.15) is 5.10 Å². The van der Waals surface area contributed by atoms with Gasteiger partial charge in [0, 0.05) is 23.2 Å². The lowest BCUT2D eigenvalue weighted by atomic mass is 10.1. The lowest BCUT2D eigenvalue weighted by Crippen LogP contribution is -2.30. The summed E-state index contributed by atoms with van der Waals surface area (Å²) in [5.41, 5.74) is 1.09. The molecule has 1 heterocycles. The highest BCUT2D eigenvalue weighted by molar-refractivity contribution is 6.30. The van der Waals surface area contributed by atoms with Crippen molar-refractivity contribution in [2.24, 2.45) is 0 Å². The Morgan fingerprint density at radius 1 is 1.23 bits per heavy atom. The molecule has 0 unspecified atom stereocenters. The molecule has 2 rings (SSSR count). The number of carbonyl (C=O) groups excluding carboxylic acids is 1. The Morgan fingerprint density at radius 3 is 2.55 bits per heavy atom. The van der Waals surface area contributed by atoms with Crippen molar-refractivity contribution in [1.82, 2.24) is 15.1 Å². The summed E-state index contributed by atoms with van der Waals surface area (Å²) in [4.78, 5) is 12.0. The Balaban J connectivity index is 1.87. The fourth-order valence-electron chi connectivity index (χ4n) is 2.13. The molecule has 1 amide bonds. The third-order valence-electron chi connectivity index (χ3n) is 3.37. The van der Waals surface area contributed by atoms with E-state index in [1.165, 1.54) is 0 Å². The average Bonchev–Trinajstić information content (AvgIpc) is 2.94. The van der Waals surface area contributed by atoms with Gasteiger partial charge in [0.05, 0.1) is 12.7 Å². The molecule has 0 bridgehead atoms. The molecule has 1 atom stereocenters. The molecular formula is C16H21ClN4O. The van der Waals surface area contributed by atoms with E-state index in [1.807, 2.05) is 45.0 Å². The predicted octanol–water partition coefficient (Wildman–Crippen LogP) is 3.41. The summed E-state index contributed by atoms with van der Waals surface area (Å²) < 4.78 is 1.78. The minimum absolute atomic E-state index is 0.0676. The molecule has 1 aromatic carbocycles. The van der Waals surface area contributed by atoms with Crippen molar-refractivity contribution in [3.8, 4) is 0 Å². The fourth-order valence-corrected chi connectivity index (χ4v) is 2.25. The summed E-state index contributed by atoms with van der Waals surface area (Å²) in [6.07, 6.45) is 1.68. The molecule has 0 spiro atoms. The number of benzene rings is 1. The smallest absolute Gasteiger partial charge is 0.239 e. The van der Waals surface area contributed by atoms with Crippen molar-refractivity contribution in [3.05, 3.63) is 47.1 Å². The number of nitrogens with zero attached hydrogens (tertiary/aromatic N) is 2. The molecule has 0 aliphatic carbocycles. The van der Waals surface area contributed by atoms with E-state index in [0.717, 1.165) is 5.56 Å². The third-order valence-corrected chi connectivity index (χ3v) is 3.62. The number of amides is 1. The van der Waals surface area contributed by atoms with E-state index in [1.54, 1.807) is 16.9 Å². The molecule has 0 aliphatic heterocycles. The van der Waals surface area contributed by atoms with Crippen LogP contribution in [0.2, 0.25) is 5.02 Å². The van der Waals surface area contributed by atoms with Crippen molar-refractivity contribution in [1.29, 1.82) is 0 Å². The standard InChI is InChI=1S/C16H21ClN4O/c1-11(2)21-15(8-9-19-21)20-16(22)10-18-12(3)13-4-6-14(17)7-5-13/h4-9,11-12,18H,10H2,1-3H3,(H,20,22)/t12-/m1/s1. The van der Waals surface area contributed by atoms with Gasteiger partial charge in [0.1, 0.15) is 5.82 Å². The highest BCUT2D eigenvalue weighted by atomic mass is 35.5. The van der Waals surface area contributed by atoms with Crippen LogP contribution >= 0.6 is 11.6 Å². The van der Waals surface area contributed by atoms with Crippen LogP contribution in [0.3, 0.4) is 0 Å². The second-order valence-corrected chi connectivity index (χ2v) is 5.89. The number of hydrogen-bond acceptors (Lipinski definition) is 3. The minimum Gasteiger partial charge on any atom is -0.310 e. The Kier molecular flexibility index (Phi) is 5.57. The maximum Gasteiger partial charge on any atom is 0.239 e. The summed E-state index contributed by atoms with van der Waals surface area (Å²) in [5.74, 6) is 0.615. The van der Waals surface area contributed by atoms with Crippen molar-refractivity contribution in [3.63, 3.8) is 0 Å². The van der Waals surface area contributed by atoms with E-state index < -0.39 is 0 Å². The van der Waals surface area contributed by atoms with Gasteiger partial charge >= 0.3 is 0 Å². The molecule has 2 aromatic rings. The van der Waals surface area contributed by atoms with Crippen LogP contribution in [0.5, 0.6) is 0 Å². The molecule has 2 N–H and O–H groups in total. The Labute approximate surface area is 135 Å². The van der Waals surface area contributed by atoms with E-state index in [-0.39, 0.29) is 24.5 Å². The van der Waals surface area contributed by atoms with E-state index in [9.17, 15) is 4.79 Å². The van der Waals surface area contributed by atoms with Gasteiger partial charge in [-0.25, -0.2) is 4.68 Å². The number of aromatic nitrogens is 2. The molecule has 5 nitrogen and oxygen atoms in total. The molecule has 0 aliphatic rings. The van der Waals surface area contributed by atoms with E-state index in [4.69, 9.17) is 11.6 Å². The number of anilines is 1. The lowest BCUT2D eigenvalue weighted by molar-refractivity contribution is -0.115. The van der Waals surface area contributed by atoms with Gasteiger partial charge in [-0.15, -0.1) is 0 Å². The fraction of sp³-hybridized carbons (Fsp3) is 0.375. The SMILES string of the molecule is CC(C)n1nccc1NC(=O)CN[C@H](C)c1ccc(Cl)cc1. The Morgan fingerprint density at radius 2 is 1.91 bits per heavy atom. The number of rotatable bonds is 6. The first-order valence-corrected chi connectivity index (χ1v) is 7.67. The third kappa shape index (κ3) is 4.32. The molecule has 118 valence electrons. The zero-order chi connectivity index (χ0) is 16.1. The normalized spacial score (nSPS) is 12.4. The summed E-state index contributed by atoms with van der Waals surface area (Å²) >= 11 is 5.87. The Hall–Kier alpha value is -1.85. The second-order valence-electron chi connectivity index (χ2n) is 5.46. The first-order valence-electron chi connectivity index (χ1n) is 7.29. The van der Waals surface area contributed by atoms with Gasteiger partial charge in [0.25, 0.3) is 0 Å². The highest BCUT2D eigenvalue weighted by Crippen LogP contribution is 2.16. The largest absolute Gasteiger partial charge is 0.310 e. The van der Waals surface area contributed by atoms with Crippen LogP contribution in [0.15, 0.2) is 36.5 Å². The molecule has 22 heavy (non-hydrogen) atoms. The van der Waals surface area contributed by atoms with Gasteiger partial charge in [0.2, 0.25) is 5.91 Å². The highest BCUT2D eigenvalue weighted by Gasteiger charge is 2.11. The molecule has 0 saturated heterocycles. The van der Waals surface area contributed by atoms with Crippen molar-refractivity contribution in [2.45, 2.75) is 32.9 Å². The quantitative estimate of drug-likeness (QED) is 0.857. The van der Waals surface area contributed by atoms with Crippen molar-refractivity contribution in [2.75, 3.05) is 11.9 Å². The van der Waals surface area contributed by atoms with Crippen molar-refractivity contribution >= 4 is 23.3 Å². The lowest BCUT2D eigenvalue weighted by Gasteiger charge is -2.15. The first-order chi connectivity index (χ1) is 10.5. The number of hydrogen-bond donors (Lipinski definition) is 2. The minimum atomic E-state index is -0.0942. The molecule has 6 heteroatoms. The van der Waals surface area contributed by atoms with Gasteiger partial charge < -0.3 is 10.6 Å². The second kappa shape index (κ2) is 7.42. The van der Waals surface area contributed by atoms with Crippen LogP contribution in [0.4, 0.5) is 5.82 Å². The maximum atomic E-state index is 12.0. The Bertz CT molecular complexity index is 621. The zero-order valence-electron chi connectivity index (χ0n) is 13.0. The summed E-state index contributed by atoms with van der Waals surface area (Å²) in [5, 5.41) is 11.0. The van der Waals surface area contributed by atoms with Crippen LogP contribution in [-0.2, 0) is 4.79 Å².